The molecule has 0 atom stereocenters. The lowest BCUT2D eigenvalue weighted by atomic mass is 10.2. The quantitative estimate of drug-likeness (QED) is 0.644. The lowest BCUT2D eigenvalue weighted by molar-refractivity contribution is 0.863. The maximum absolute atomic E-state index is 6.01. The highest BCUT2D eigenvalue weighted by molar-refractivity contribution is 9.10. The molecule has 0 aliphatic rings. The fourth-order valence-electron chi connectivity index (χ4n) is 1.72. The van der Waals surface area contributed by atoms with E-state index in [1.54, 1.807) is 4.52 Å². The molecule has 0 amide bonds. The minimum absolute atomic E-state index is 0.395. The van der Waals surface area contributed by atoms with Crippen molar-refractivity contribution in [3.8, 4) is 11.4 Å². The molecule has 0 fully saturated rings. The Morgan fingerprint density at radius 3 is 2.61 bits per heavy atom. The molecule has 18 heavy (non-hydrogen) atoms. The van der Waals surface area contributed by atoms with Crippen LogP contribution in [-0.4, -0.2) is 19.6 Å². The minimum atomic E-state index is 0.395. The fourth-order valence-corrected chi connectivity index (χ4v) is 2.27. The van der Waals surface area contributed by atoms with Crippen LogP contribution in [0.5, 0.6) is 0 Å². The molecule has 0 unspecified atom stereocenters. The summed E-state index contributed by atoms with van der Waals surface area (Å²) in [5, 5.41) is 4.83. The maximum Gasteiger partial charge on any atom is 0.182 e. The molecule has 4 nitrogen and oxygen atoms in total. The largest absolute Gasteiger partial charge is 0.220 e. The first kappa shape index (κ1) is 11.6. The van der Waals surface area contributed by atoms with Crippen LogP contribution in [0.15, 0.2) is 34.8 Å². The van der Waals surface area contributed by atoms with Crippen molar-refractivity contribution in [2.75, 3.05) is 0 Å². The first-order chi connectivity index (χ1) is 8.66. The topological polar surface area (TPSA) is 43.1 Å². The highest BCUT2D eigenvalue weighted by Crippen LogP contribution is 2.26. The predicted octanol–water partition coefficient (Wildman–Crippen LogP) is 3.52. The Morgan fingerprint density at radius 1 is 1.17 bits per heavy atom. The summed E-state index contributed by atoms with van der Waals surface area (Å²) < 4.78 is 2.34. The average molecular weight is 324 g/mol. The summed E-state index contributed by atoms with van der Waals surface area (Å²) >= 11 is 9.39. The fraction of sp³-hybridized carbons (Fsp3) is 0.0833. The molecule has 0 aliphatic carbocycles. The molecular formula is C12H8BrClN4. The predicted molar refractivity (Wildman–Crippen MR) is 73.7 cm³/mol. The summed E-state index contributed by atoms with van der Waals surface area (Å²) in [6.07, 6.45) is 0. The van der Waals surface area contributed by atoms with Gasteiger partial charge >= 0.3 is 0 Å². The van der Waals surface area contributed by atoms with Crippen molar-refractivity contribution in [2.45, 2.75) is 6.92 Å². The summed E-state index contributed by atoms with van der Waals surface area (Å²) in [4.78, 5) is 8.67. The number of nitrogens with zero attached hydrogens (tertiary/aromatic N) is 4. The molecule has 0 bridgehead atoms. The van der Waals surface area contributed by atoms with E-state index in [9.17, 15) is 0 Å². The zero-order chi connectivity index (χ0) is 12.7. The smallest absolute Gasteiger partial charge is 0.182 e. The second kappa shape index (κ2) is 4.33. The average Bonchev–Trinajstić information content (AvgIpc) is 2.83. The van der Waals surface area contributed by atoms with E-state index in [1.807, 2.05) is 37.3 Å². The van der Waals surface area contributed by atoms with Gasteiger partial charge in [-0.3, -0.25) is 0 Å². The van der Waals surface area contributed by atoms with E-state index in [-0.39, 0.29) is 0 Å². The second-order valence-corrected chi connectivity index (χ2v) is 4.95. The van der Waals surface area contributed by atoms with E-state index in [1.165, 1.54) is 0 Å². The number of rotatable bonds is 1. The number of hydrogen-bond acceptors (Lipinski definition) is 3. The Balaban J connectivity index is 2.29. The van der Waals surface area contributed by atoms with E-state index < -0.39 is 0 Å². The van der Waals surface area contributed by atoms with Crippen LogP contribution >= 0.6 is 27.5 Å². The van der Waals surface area contributed by atoms with Crippen LogP contribution in [0, 0.1) is 6.92 Å². The van der Waals surface area contributed by atoms with E-state index in [0.29, 0.717) is 26.9 Å². The molecule has 0 aliphatic heterocycles. The van der Waals surface area contributed by atoms with Crippen LogP contribution in [0.2, 0.25) is 5.15 Å². The Bertz CT molecular complexity index is 724. The van der Waals surface area contributed by atoms with Crippen LogP contribution in [-0.2, 0) is 0 Å². The lowest BCUT2D eigenvalue weighted by Gasteiger charge is -1.99. The Kier molecular flexibility index (Phi) is 2.80. The molecule has 0 saturated carbocycles. The molecular weight excluding hydrogens is 316 g/mol. The van der Waals surface area contributed by atoms with Gasteiger partial charge in [0.25, 0.3) is 0 Å². The molecule has 1 aromatic carbocycles. The molecule has 2 aromatic heterocycles. The van der Waals surface area contributed by atoms with Gasteiger partial charge in [0.2, 0.25) is 0 Å². The second-order valence-electron chi connectivity index (χ2n) is 3.80. The van der Waals surface area contributed by atoms with Crippen molar-refractivity contribution in [3.05, 3.63) is 45.8 Å². The molecule has 90 valence electrons. The Morgan fingerprint density at radius 2 is 1.89 bits per heavy atom. The van der Waals surface area contributed by atoms with Gasteiger partial charge in [-0.05, 0) is 22.9 Å². The highest BCUT2D eigenvalue weighted by atomic mass is 79.9. The number of aryl methyl sites for hydroxylation is 1. The van der Waals surface area contributed by atoms with Gasteiger partial charge in [0.05, 0.1) is 4.47 Å². The third kappa shape index (κ3) is 1.79. The minimum Gasteiger partial charge on any atom is -0.220 e. The molecule has 2 heterocycles. The SMILES string of the molecule is Cc1nc(Cl)c(Br)c2nc(-c3ccccc3)nn12. The Labute approximate surface area is 117 Å². The number of aromatic nitrogens is 4. The maximum atomic E-state index is 6.01. The molecule has 0 N–H and O–H groups in total. The number of hydrogen-bond donors (Lipinski definition) is 0. The molecule has 6 heteroatoms. The zero-order valence-electron chi connectivity index (χ0n) is 9.43. The van der Waals surface area contributed by atoms with Gasteiger partial charge in [-0.25, -0.2) is 9.97 Å². The summed E-state index contributed by atoms with van der Waals surface area (Å²) in [5.74, 6) is 1.36. The molecule has 0 spiro atoms. The lowest BCUT2D eigenvalue weighted by Crippen LogP contribution is -1.98. The molecule has 0 radical (unpaired) electrons. The summed E-state index contributed by atoms with van der Waals surface area (Å²) in [6.45, 7) is 1.84. The van der Waals surface area contributed by atoms with Crippen molar-refractivity contribution in [1.29, 1.82) is 0 Å². The van der Waals surface area contributed by atoms with Crippen LogP contribution in [0.3, 0.4) is 0 Å². The van der Waals surface area contributed by atoms with Crippen LogP contribution in [0.25, 0.3) is 17.0 Å². The number of halogens is 2. The molecule has 3 aromatic rings. The van der Waals surface area contributed by atoms with E-state index in [2.05, 4.69) is 31.0 Å². The van der Waals surface area contributed by atoms with Gasteiger partial charge in [-0.1, -0.05) is 41.9 Å². The van der Waals surface area contributed by atoms with Gasteiger partial charge in [0.1, 0.15) is 11.0 Å². The van der Waals surface area contributed by atoms with E-state index in [0.717, 1.165) is 5.56 Å². The zero-order valence-corrected chi connectivity index (χ0v) is 11.8. The van der Waals surface area contributed by atoms with Gasteiger partial charge in [0, 0.05) is 5.56 Å². The highest BCUT2D eigenvalue weighted by Gasteiger charge is 2.14. The molecule has 3 rings (SSSR count). The summed E-state index contributed by atoms with van der Waals surface area (Å²) in [7, 11) is 0. The summed E-state index contributed by atoms with van der Waals surface area (Å²) in [6, 6.07) is 9.79. The van der Waals surface area contributed by atoms with Crippen molar-refractivity contribution < 1.29 is 0 Å². The van der Waals surface area contributed by atoms with Crippen molar-refractivity contribution in [2.24, 2.45) is 0 Å². The first-order valence-corrected chi connectivity index (χ1v) is 6.47. The number of fused-ring (bicyclic) bond motifs is 1. The van der Waals surface area contributed by atoms with Gasteiger partial charge in [0.15, 0.2) is 11.5 Å². The van der Waals surface area contributed by atoms with Gasteiger partial charge in [-0.2, -0.15) is 4.52 Å². The van der Waals surface area contributed by atoms with E-state index >= 15 is 0 Å². The third-order valence-corrected chi connectivity index (χ3v) is 3.82. The van der Waals surface area contributed by atoms with Gasteiger partial charge in [-0.15, -0.1) is 5.10 Å². The molecule has 0 saturated heterocycles. The monoisotopic (exact) mass is 322 g/mol. The number of benzene rings is 1. The van der Waals surface area contributed by atoms with Gasteiger partial charge < -0.3 is 0 Å². The Hall–Kier alpha value is -1.46. The van der Waals surface area contributed by atoms with Crippen molar-refractivity contribution >= 4 is 33.2 Å². The standard InChI is InChI=1S/C12H8BrClN4/c1-7-15-10(14)9(13)12-16-11(17-18(7)12)8-5-3-2-4-6-8/h2-6H,1H3. The normalized spacial score (nSPS) is 11.1. The van der Waals surface area contributed by atoms with Crippen molar-refractivity contribution in [3.63, 3.8) is 0 Å². The van der Waals surface area contributed by atoms with Crippen LogP contribution in [0.1, 0.15) is 5.82 Å². The first-order valence-electron chi connectivity index (χ1n) is 5.30. The third-order valence-electron chi connectivity index (χ3n) is 2.58. The van der Waals surface area contributed by atoms with Crippen LogP contribution in [0.4, 0.5) is 0 Å². The summed E-state index contributed by atoms with van der Waals surface area (Å²) in [5.41, 5.74) is 1.63. The van der Waals surface area contributed by atoms with E-state index in [4.69, 9.17) is 11.6 Å². The van der Waals surface area contributed by atoms with Crippen LogP contribution < -0.4 is 0 Å². The van der Waals surface area contributed by atoms with Crippen molar-refractivity contribution in [1.82, 2.24) is 19.6 Å².